The fourth-order valence-electron chi connectivity index (χ4n) is 3.28. The van der Waals surface area contributed by atoms with Gasteiger partial charge in [-0.15, -0.1) is 0 Å². The number of aliphatic carboxylic acids is 1. The molecule has 1 aromatic carbocycles. The first kappa shape index (κ1) is 16.7. The summed E-state index contributed by atoms with van der Waals surface area (Å²) >= 11 is 0. The second-order valence-electron chi connectivity index (χ2n) is 6.68. The Kier molecular flexibility index (Phi) is 5.33. The Morgan fingerprint density at radius 2 is 2.09 bits per heavy atom. The Balaban J connectivity index is 2.05. The summed E-state index contributed by atoms with van der Waals surface area (Å²) in [5.41, 5.74) is 2.70. The smallest absolute Gasteiger partial charge is 0.303 e. The Morgan fingerprint density at radius 1 is 1.32 bits per heavy atom. The van der Waals surface area contributed by atoms with E-state index in [-0.39, 0.29) is 11.8 Å². The molecule has 22 heavy (non-hydrogen) atoms. The van der Waals surface area contributed by atoms with Crippen LogP contribution in [0, 0.1) is 0 Å². The summed E-state index contributed by atoms with van der Waals surface area (Å²) in [6.07, 6.45) is 4.14. The minimum absolute atomic E-state index is 0.127. The zero-order chi connectivity index (χ0) is 16.2. The van der Waals surface area contributed by atoms with Crippen molar-refractivity contribution >= 4 is 11.7 Å². The fourth-order valence-corrected chi connectivity index (χ4v) is 3.28. The van der Waals surface area contributed by atoms with Gasteiger partial charge in [0, 0.05) is 30.8 Å². The molecule has 0 radical (unpaired) electrons. The van der Waals surface area contributed by atoms with Crippen molar-refractivity contribution in [3.63, 3.8) is 0 Å². The first-order chi connectivity index (χ1) is 10.5. The zero-order valence-electron chi connectivity index (χ0n) is 13.9. The lowest BCUT2D eigenvalue weighted by molar-refractivity contribution is -0.137. The lowest BCUT2D eigenvalue weighted by Crippen LogP contribution is -2.38. The number of nitrogens with zero attached hydrogens (tertiary/aromatic N) is 1. The number of unbranched alkanes of at least 4 members (excludes halogenated alkanes) is 2. The Labute approximate surface area is 133 Å². The highest BCUT2D eigenvalue weighted by Gasteiger charge is 2.33. The third-order valence-electron chi connectivity index (χ3n) is 4.57. The van der Waals surface area contributed by atoms with Crippen molar-refractivity contribution < 1.29 is 14.6 Å². The molecule has 122 valence electrons. The molecule has 2 rings (SSSR count). The predicted molar refractivity (Wildman–Crippen MR) is 89.0 cm³/mol. The summed E-state index contributed by atoms with van der Waals surface area (Å²) in [4.78, 5) is 13.0. The van der Waals surface area contributed by atoms with E-state index in [9.17, 15) is 4.79 Å². The molecular formula is C18H27NO3. The second kappa shape index (κ2) is 7.03. The molecule has 0 unspecified atom stereocenters. The van der Waals surface area contributed by atoms with Crippen LogP contribution < -0.4 is 9.64 Å². The third kappa shape index (κ3) is 3.73. The van der Waals surface area contributed by atoms with Crippen LogP contribution in [0.4, 0.5) is 5.69 Å². The topological polar surface area (TPSA) is 49.8 Å². The van der Waals surface area contributed by atoms with Crippen LogP contribution in [0.2, 0.25) is 0 Å². The highest BCUT2D eigenvalue weighted by atomic mass is 16.5. The average Bonchev–Trinajstić information content (AvgIpc) is 2.48. The highest BCUT2D eigenvalue weighted by molar-refractivity contribution is 5.66. The van der Waals surface area contributed by atoms with Crippen molar-refractivity contribution in [1.29, 1.82) is 0 Å². The molecule has 1 heterocycles. The molecule has 1 aliphatic rings. The number of ether oxygens (including phenoxy) is 1. The van der Waals surface area contributed by atoms with E-state index in [0.29, 0.717) is 0 Å². The molecule has 4 heteroatoms. The van der Waals surface area contributed by atoms with Gasteiger partial charge in [-0.2, -0.15) is 0 Å². The number of carboxylic acid groups (broad SMARTS) is 1. The number of hydrogen-bond acceptors (Lipinski definition) is 3. The minimum Gasteiger partial charge on any atom is -0.496 e. The molecule has 0 saturated heterocycles. The predicted octanol–water partition coefficient (Wildman–Crippen LogP) is 3.83. The molecule has 0 aromatic heterocycles. The molecule has 0 spiro atoms. The standard InChI is InChI=1S/C18H27NO3/c1-18(2)11-13-19(12-6-4-5-10-16(20)21)14-8-7-9-15(22-3)17(14)18/h7-9H,4-6,10-13H2,1-3H3,(H,20,21). The highest BCUT2D eigenvalue weighted by Crippen LogP contribution is 2.44. The Morgan fingerprint density at radius 3 is 2.77 bits per heavy atom. The lowest BCUT2D eigenvalue weighted by atomic mass is 9.77. The number of carboxylic acids is 1. The number of carbonyl (C=O) groups is 1. The summed E-state index contributed by atoms with van der Waals surface area (Å²) in [5.74, 6) is 0.271. The SMILES string of the molecule is COc1cccc2c1C(C)(C)CCN2CCCCCC(=O)O. The van der Waals surface area contributed by atoms with Gasteiger partial charge in [-0.25, -0.2) is 0 Å². The van der Waals surface area contributed by atoms with Gasteiger partial charge >= 0.3 is 5.97 Å². The number of methoxy groups -OCH3 is 1. The van der Waals surface area contributed by atoms with E-state index in [2.05, 4.69) is 30.9 Å². The van der Waals surface area contributed by atoms with Crippen LogP contribution in [0.1, 0.15) is 51.5 Å². The van der Waals surface area contributed by atoms with Crippen molar-refractivity contribution in [3.8, 4) is 5.75 Å². The van der Waals surface area contributed by atoms with Gasteiger partial charge in [0.15, 0.2) is 0 Å². The van der Waals surface area contributed by atoms with Gasteiger partial charge in [0.25, 0.3) is 0 Å². The minimum atomic E-state index is -0.699. The van der Waals surface area contributed by atoms with Crippen LogP contribution >= 0.6 is 0 Å². The maximum absolute atomic E-state index is 10.5. The zero-order valence-corrected chi connectivity index (χ0v) is 13.9. The largest absolute Gasteiger partial charge is 0.496 e. The average molecular weight is 305 g/mol. The molecule has 0 fully saturated rings. The van der Waals surface area contributed by atoms with Crippen molar-refractivity contribution in [2.45, 2.75) is 51.4 Å². The molecular weight excluding hydrogens is 278 g/mol. The van der Waals surface area contributed by atoms with Gasteiger partial charge in [-0.1, -0.05) is 26.3 Å². The van der Waals surface area contributed by atoms with E-state index >= 15 is 0 Å². The van der Waals surface area contributed by atoms with Crippen LogP contribution in [0.25, 0.3) is 0 Å². The number of benzene rings is 1. The number of hydrogen-bond donors (Lipinski definition) is 1. The molecule has 1 N–H and O–H groups in total. The van der Waals surface area contributed by atoms with Gasteiger partial charge < -0.3 is 14.7 Å². The summed E-state index contributed by atoms with van der Waals surface area (Å²) in [5, 5.41) is 8.68. The normalized spacial score (nSPS) is 16.2. The van der Waals surface area contributed by atoms with Crippen LogP contribution in [0.3, 0.4) is 0 Å². The monoisotopic (exact) mass is 305 g/mol. The number of anilines is 1. The van der Waals surface area contributed by atoms with E-state index < -0.39 is 5.97 Å². The summed E-state index contributed by atoms with van der Waals surface area (Å²) in [6.45, 7) is 6.58. The number of rotatable bonds is 7. The van der Waals surface area contributed by atoms with E-state index in [1.165, 1.54) is 11.3 Å². The van der Waals surface area contributed by atoms with Crippen molar-refractivity contribution in [3.05, 3.63) is 23.8 Å². The summed E-state index contributed by atoms with van der Waals surface area (Å²) < 4.78 is 5.57. The molecule has 0 atom stereocenters. The fraction of sp³-hybridized carbons (Fsp3) is 0.611. The van der Waals surface area contributed by atoms with Crippen molar-refractivity contribution in [1.82, 2.24) is 0 Å². The Bertz CT molecular complexity index is 525. The second-order valence-corrected chi connectivity index (χ2v) is 6.68. The van der Waals surface area contributed by atoms with Crippen LogP contribution in [-0.4, -0.2) is 31.3 Å². The van der Waals surface area contributed by atoms with Gasteiger partial charge in [0.05, 0.1) is 7.11 Å². The van der Waals surface area contributed by atoms with Gasteiger partial charge in [0.2, 0.25) is 0 Å². The molecule has 1 aromatic rings. The molecule has 4 nitrogen and oxygen atoms in total. The van der Waals surface area contributed by atoms with Gasteiger partial charge in [-0.05, 0) is 36.8 Å². The summed E-state index contributed by atoms with van der Waals surface area (Å²) in [7, 11) is 1.73. The molecule has 0 aliphatic carbocycles. The third-order valence-corrected chi connectivity index (χ3v) is 4.57. The first-order valence-corrected chi connectivity index (χ1v) is 8.10. The van der Waals surface area contributed by atoms with Crippen molar-refractivity contribution in [2.24, 2.45) is 0 Å². The maximum atomic E-state index is 10.5. The van der Waals surface area contributed by atoms with E-state index in [1.807, 2.05) is 6.07 Å². The molecule has 1 aliphatic heterocycles. The first-order valence-electron chi connectivity index (χ1n) is 8.10. The Hall–Kier alpha value is -1.71. The molecule has 0 amide bonds. The van der Waals surface area contributed by atoms with Crippen molar-refractivity contribution in [2.75, 3.05) is 25.1 Å². The van der Waals surface area contributed by atoms with E-state index in [0.717, 1.165) is 44.5 Å². The van der Waals surface area contributed by atoms with E-state index in [4.69, 9.17) is 9.84 Å². The van der Waals surface area contributed by atoms with Crippen LogP contribution in [-0.2, 0) is 10.2 Å². The number of fused-ring (bicyclic) bond motifs is 1. The van der Waals surface area contributed by atoms with E-state index in [1.54, 1.807) is 7.11 Å². The quantitative estimate of drug-likeness (QED) is 0.778. The van der Waals surface area contributed by atoms with Crippen LogP contribution in [0.15, 0.2) is 18.2 Å². The van der Waals surface area contributed by atoms with Crippen LogP contribution in [0.5, 0.6) is 5.75 Å². The molecule has 0 saturated carbocycles. The van der Waals surface area contributed by atoms with Gasteiger partial charge in [0.1, 0.15) is 5.75 Å². The lowest BCUT2D eigenvalue weighted by Gasteiger charge is -2.41. The summed E-state index contributed by atoms with van der Waals surface area (Å²) in [6, 6.07) is 6.27. The van der Waals surface area contributed by atoms with Gasteiger partial charge in [-0.3, -0.25) is 4.79 Å². The molecule has 0 bridgehead atoms. The maximum Gasteiger partial charge on any atom is 0.303 e.